The van der Waals surface area contributed by atoms with Gasteiger partial charge >= 0.3 is 0 Å². The number of benzene rings is 1. The molecule has 4 heteroatoms. The van der Waals surface area contributed by atoms with Crippen molar-refractivity contribution in [3.8, 4) is 0 Å². The van der Waals surface area contributed by atoms with Crippen LogP contribution in [0.5, 0.6) is 0 Å². The second-order valence-corrected chi connectivity index (χ2v) is 5.14. The zero-order valence-electron chi connectivity index (χ0n) is 10.5. The molecular formula is C13H19BrN2O. The van der Waals surface area contributed by atoms with Gasteiger partial charge in [-0.1, -0.05) is 28.9 Å². The quantitative estimate of drug-likeness (QED) is 0.876. The highest BCUT2D eigenvalue weighted by Gasteiger charge is 2.11. The van der Waals surface area contributed by atoms with Crippen LogP contribution in [0.25, 0.3) is 0 Å². The normalized spacial score (nSPS) is 12.2. The smallest absolute Gasteiger partial charge is 0.251 e. The van der Waals surface area contributed by atoms with Crippen LogP contribution in [-0.2, 0) is 0 Å². The van der Waals surface area contributed by atoms with Gasteiger partial charge < -0.3 is 10.6 Å². The maximum Gasteiger partial charge on any atom is 0.251 e. The third-order valence-corrected chi connectivity index (χ3v) is 3.54. The molecule has 94 valence electrons. The van der Waals surface area contributed by atoms with Crippen molar-refractivity contribution in [3.63, 3.8) is 0 Å². The molecule has 3 nitrogen and oxygen atoms in total. The van der Waals surface area contributed by atoms with Crippen molar-refractivity contribution in [2.45, 2.75) is 13.8 Å². The van der Waals surface area contributed by atoms with E-state index in [1.165, 1.54) is 0 Å². The standard InChI is InChI=1S/C13H19BrN2O/c1-9(7-15-3)8-16-13(17)11-5-4-6-12(14)10(11)2/h4-6,9,15H,7-8H2,1-3H3,(H,16,17). The molecule has 1 aromatic carbocycles. The van der Waals surface area contributed by atoms with E-state index in [9.17, 15) is 4.79 Å². The van der Waals surface area contributed by atoms with Gasteiger partial charge in [0.05, 0.1) is 0 Å². The Hall–Kier alpha value is -0.870. The summed E-state index contributed by atoms with van der Waals surface area (Å²) in [5.41, 5.74) is 1.71. The molecule has 1 rings (SSSR count). The summed E-state index contributed by atoms with van der Waals surface area (Å²) < 4.78 is 0.966. The monoisotopic (exact) mass is 298 g/mol. The lowest BCUT2D eigenvalue weighted by Crippen LogP contribution is -2.32. The molecule has 0 fully saturated rings. The van der Waals surface area contributed by atoms with Crippen molar-refractivity contribution in [1.29, 1.82) is 0 Å². The molecule has 0 aliphatic carbocycles. The molecule has 0 bridgehead atoms. The molecule has 0 saturated carbocycles. The van der Waals surface area contributed by atoms with Crippen molar-refractivity contribution in [3.05, 3.63) is 33.8 Å². The number of rotatable bonds is 5. The number of hydrogen-bond acceptors (Lipinski definition) is 2. The lowest BCUT2D eigenvalue weighted by atomic mass is 10.1. The Morgan fingerprint density at radius 3 is 2.76 bits per heavy atom. The molecule has 1 amide bonds. The fourth-order valence-corrected chi connectivity index (χ4v) is 2.00. The van der Waals surface area contributed by atoms with Gasteiger partial charge in [-0.3, -0.25) is 4.79 Å². The van der Waals surface area contributed by atoms with Gasteiger partial charge in [-0.2, -0.15) is 0 Å². The molecule has 0 aliphatic rings. The van der Waals surface area contributed by atoms with E-state index < -0.39 is 0 Å². The zero-order valence-corrected chi connectivity index (χ0v) is 12.1. The van der Waals surface area contributed by atoms with Gasteiger partial charge in [-0.25, -0.2) is 0 Å². The third kappa shape index (κ3) is 4.13. The first-order chi connectivity index (χ1) is 8.06. The fraction of sp³-hybridized carbons (Fsp3) is 0.462. The Labute approximate surface area is 111 Å². The maximum absolute atomic E-state index is 12.0. The van der Waals surface area contributed by atoms with Crippen LogP contribution in [-0.4, -0.2) is 26.0 Å². The van der Waals surface area contributed by atoms with E-state index in [1.54, 1.807) is 0 Å². The van der Waals surface area contributed by atoms with Crippen molar-refractivity contribution in [1.82, 2.24) is 10.6 Å². The second-order valence-electron chi connectivity index (χ2n) is 4.29. The van der Waals surface area contributed by atoms with E-state index in [0.717, 1.165) is 22.1 Å². The number of carbonyl (C=O) groups is 1. The summed E-state index contributed by atoms with van der Waals surface area (Å²) in [5, 5.41) is 6.04. The van der Waals surface area contributed by atoms with Crippen LogP contribution in [0.3, 0.4) is 0 Å². The molecule has 0 radical (unpaired) electrons. The van der Waals surface area contributed by atoms with Crippen LogP contribution in [0, 0.1) is 12.8 Å². The largest absolute Gasteiger partial charge is 0.352 e. The van der Waals surface area contributed by atoms with Crippen LogP contribution in [0.15, 0.2) is 22.7 Å². The highest BCUT2D eigenvalue weighted by atomic mass is 79.9. The van der Waals surface area contributed by atoms with Crippen LogP contribution in [0.1, 0.15) is 22.8 Å². The van der Waals surface area contributed by atoms with E-state index in [0.29, 0.717) is 12.5 Å². The number of amides is 1. The number of hydrogen-bond donors (Lipinski definition) is 2. The Morgan fingerprint density at radius 1 is 1.41 bits per heavy atom. The molecule has 0 spiro atoms. The molecule has 1 atom stereocenters. The molecule has 1 unspecified atom stereocenters. The van der Waals surface area contributed by atoms with Gasteiger partial charge in [-0.15, -0.1) is 0 Å². The van der Waals surface area contributed by atoms with Crippen molar-refractivity contribution in [2.75, 3.05) is 20.1 Å². The van der Waals surface area contributed by atoms with Crippen LogP contribution < -0.4 is 10.6 Å². The van der Waals surface area contributed by atoms with Crippen LogP contribution >= 0.6 is 15.9 Å². The summed E-state index contributed by atoms with van der Waals surface area (Å²) in [6.07, 6.45) is 0. The Balaban J connectivity index is 2.61. The molecule has 0 aromatic heterocycles. The number of halogens is 1. The average Bonchev–Trinajstić information content (AvgIpc) is 2.30. The van der Waals surface area contributed by atoms with Gasteiger partial charge in [0.2, 0.25) is 0 Å². The van der Waals surface area contributed by atoms with Gasteiger partial charge in [-0.05, 0) is 44.1 Å². The first-order valence-corrected chi connectivity index (χ1v) is 6.53. The van der Waals surface area contributed by atoms with Crippen molar-refractivity contribution >= 4 is 21.8 Å². The van der Waals surface area contributed by atoms with Crippen LogP contribution in [0.4, 0.5) is 0 Å². The highest BCUT2D eigenvalue weighted by molar-refractivity contribution is 9.10. The van der Waals surface area contributed by atoms with E-state index in [1.807, 2.05) is 32.2 Å². The Morgan fingerprint density at radius 2 is 2.12 bits per heavy atom. The first-order valence-electron chi connectivity index (χ1n) is 5.74. The van der Waals surface area contributed by atoms with E-state index >= 15 is 0 Å². The maximum atomic E-state index is 12.0. The summed E-state index contributed by atoms with van der Waals surface area (Å²) >= 11 is 3.43. The third-order valence-electron chi connectivity index (χ3n) is 2.68. The van der Waals surface area contributed by atoms with Crippen molar-refractivity contribution in [2.24, 2.45) is 5.92 Å². The van der Waals surface area contributed by atoms with E-state index in [2.05, 4.69) is 33.5 Å². The fourth-order valence-electron chi connectivity index (χ4n) is 1.64. The predicted octanol–water partition coefficient (Wildman–Crippen LogP) is 2.34. The molecule has 0 heterocycles. The average molecular weight is 299 g/mol. The summed E-state index contributed by atoms with van der Waals surface area (Å²) in [5.74, 6) is 0.420. The summed E-state index contributed by atoms with van der Waals surface area (Å²) in [6.45, 7) is 5.63. The van der Waals surface area contributed by atoms with Crippen LogP contribution in [0.2, 0.25) is 0 Å². The minimum Gasteiger partial charge on any atom is -0.352 e. The van der Waals surface area contributed by atoms with E-state index in [4.69, 9.17) is 0 Å². The van der Waals surface area contributed by atoms with Gasteiger partial charge in [0.15, 0.2) is 0 Å². The molecular weight excluding hydrogens is 280 g/mol. The molecule has 0 saturated heterocycles. The van der Waals surface area contributed by atoms with Gasteiger partial charge in [0.25, 0.3) is 5.91 Å². The molecule has 2 N–H and O–H groups in total. The Bertz CT molecular complexity index is 393. The SMILES string of the molecule is CNCC(C)CNC(=O)c1cccc(Br)c1C. The minimum absolute atomic E-state index is 0.00764. The molecule has 0 aliphatic heterocycles. The number of carbonyl (C=O) groups excluding carboxylic acids is 1. The molecule has 1 aromatic rings. The highest BCUT2D eigenvalue weighted by Crippen LogP contribution is 2.19. The first kappa shape index (κ1) is 14.2. The lowest BCUT2D eigenvalue weighted by molar-refractivity contribution is 0.0947. The topological polar surface area (TPSA) is 41.1 Å². The molecule has 17 heavy (non-hydrogen) atoms. The Kier molecular flexibility index (Phi) is 5.65. The summed E-state index contributed by atoms with van der Waals surface area (Å²) in [7, 11) is 1.91. The lowest BCUT2D eigenvalue weighted by Gasteiger charge is -2.13. The van der Waals surface area contributed by atoms with E-state index in [-0.39, 0.29) is 5.91 Å². The number of nitrogens with one attached hydrogen (secondary N) is 2. The van der Waals surface area contributed by atoms with Crippen molar-refractivity contribution < 1.29 is 4.79 Å². The second kappa shape index (κ2) is 6.77. The summed E-state index contributed by atoms with van der Waals surface area (Å²) in [4.78, 5) is 12.0. The predicted molar refractivity (Wildman–Crippen MR) is 74.3 cm³/mol. The minimum atomic E-state index is -0.00764. The van der Waals surface area contributed by atoms with Gasteiger partial charge in [0, 0.05) is 16.6 Å². The van der Waals surface area contributed by atoms with Gasteiger partial charge in [0.1, 0.15) is 0 Å². The zero-order chi connectivity index (χ0) is 12.8. The summed E-state index contributed by atoms with van der Waals surface area (Å²) in [6, 6.07) is 5.66.